The summed E-state index contributed by atoms with van der Waals surface area (Å²) in [5.41, 5.74) is 0.0546. The summed E-state index contributed by atoms with van der Waals surface area (Å²) in [6, 6.07) is 0. The number of hydrogen-bond donors (Lipinski definition) is 0. The Morgan fingerprint density at radius 1 is 1.20 bits per heavy atom. The molecule has 0 heterocycles. The Labute approximate surface area is 103 Å². The molecule has 1 aliphatic rings. The molecule has 2 atom stereocenters. The van der Waals surface area contributed by atoms with Crippen LogP contribution < -0.4 is 0 Å². The number of rotatable bonds is 4. The van der Waals surface area contributed by atoms with Crippen molar-refractivity contribution < 1.29 is 4.74 Å². The molecule has 2 heteroatoms. The van der Waals surface area contributed by atoms with Crippen LogP contribution in [0.1, 0.15) is 58.8 Å². The van der Waals surface area contributed by atoms with Gasteiger partial charge in [-0.15, -0.1) is 0 Å². The molecular formula is C13H25BrO. The molecule has 2 unspecified atom stereocenters. The summed E-state index contributed by atoms with van der Waals surface area (Å²) in [4.78, 5) is 0.743. The second kappa shape index (κ2) is 6.24. The number of alkyl halides is 1. The molecule has 1 fully saturated rings. The van der Waals surface area contributed by atoms with Crippen LogP contribution in [0, 0.1) is 5.92 Å². The SMILES string of the molecule is COC(C)(C)CCC1CCCCCC1Br. The van der Waals surface area contributed by atoms with Crippen LogP contribution in [0.5, 0.6) is 0 Å². The van der Waals surface area contributed by atoms with Crippen molar-refractivity contribution in [2.24, 2.45) is 5.92 Å². The van der Waals surface area contributed by atoms with Gasteiger partial charge >= 0.3 is 0 Å². The summed E-state index contributed by atoms with van der Waals surface area (Å²) in [5, 5.41) is 0. The van der Waals surface area contributed by atoms with Crippen LogP contribution in [-0.2, 0) is 4.74 Å². The summed E-state index contributed by atoms with van der Waals surface area (Å²) >= 11 is 3.85. The van der Waals surface area contributed by atoms with E-state index < -0.39 is 0 Å². The predicted molar refractivity (Wildman–Crippen MR) is 69.6 cm³/mol. The smallest absolute Gasteiger partial charge is 0.0622 e. The van der Waals surface area contributed by atoms with E-state index in [-0.39, 0.29) is 5.60 Å². The lowest BCUT2D eigenvalue weighted by Crippen LogP contribution is -2.25. The van der Waals surface area contributed by atoms with Gasteiger partial charge in [-0.1, -0.05) is 35.2 Å². The minimum atomic E-state index is 0.0546. The second-order valence-electron chi connectivity index (χ2n) is 5.42. The number of halogens is 1. The molecule has 0 aliphatic heterocycles. The molecule has 0 aromatic rings. The second-order valence-corrected chi connectivity index (χ2v) is 6.59. The molecule has 1 rings (SSSR count). The Hall–Kier alpha value is 0.440. The predicted octanol–water partition coefficient (Wildman–Crippen LogP) is 4.54. The number of methoxy groups -OCH3 is 1. The number of hydrogen-bond acceptors (Lipinski definition) is 1. The number of ether oxygens (including phenoxy) is 1. The van der Waals surface area contributed by atoms with E-state index in [1.807, 2.05) is 7.11 Å². The summed E-state index contributed by atoms with van der Waals surface area (Å²) in [7, 11) is 1.82. The van der Waals surface area contributed by atoms with Crippen molar-refractivity contribution in [3.8, 4) is 0 Å². The average Bonchev–Trinajstić information content (AvgIpc) is 2.40. The van der Waals surface area contributed by atoms with Crippen molar-refractivity contribution in [1.82, 2.24) is 0 Å². The van der Waals surface area contributed by atoms with Crippen LogP contribution in [0.25, 0.3) is 0 Å². The van der Waals surface area contributed by atoms with Gasteiger partial charge < -0.3 is 4.74 Å². The zero-order chi connectivity index (χ0) is 11.3. The van der Waals surface area contributed by atoms with Crippen LogP contribution >= 0.6 is 15.9 Å². The highest BCUT2D eigenvalue weighted by molar-refractivity contribution is 9.09. The van der Waals surface area contributed by atoms with Gasteiger partial charge in [-0.3, -0.25) is 0 Å². The fourth-order valence-corrected chi connectivity index (χ4v) is 3.15. The van der Waals surface area contributed by atoms with E-state index in [9.17, 15) is 0 Å². The molecule has 0 N–H and O–H groups in total. The maximum atomic E-state index is 5.48. The standard InChI is InChI=1S/C13H25BrO/c1-13(2,15-3)10-9-11-7-5-4-6-8-12(11)14/h11-12H,4-10H2,1-3H3. The maximum absolute atomic E-state index is 5.48. The molecule has 1 aliphatic carbocycles. The summed E-state index contributed by atoms with van der Waals surface area (Å²) in [6.07, 6.45) is 9.48. The third-order valence-corrected chi connectivity index (χ3v) is 4.94. The molecule has 1 saturated carbocycles. The first-order valence-corrected chi connectivity index (χ1v) is 7.16. The first-order valence-electron chi connectivity index (χ1n) is 6.24. The van der Waals surface area contributed by atoms with Gasteiger partial charge in [0, 0.05) is 11.9 Å². The maximum Gasteiger partial charge on any atom is 0.0622 e. The van der Waals surface area contributed by atoms with Crippen molar-refractivity contribution in [3.63, 3.8) is 0 Å². The van der Waals surface area contributed by atoms with Gasteiger partial charge in [-0.05, 0) is 45.4 Å². The third kappa shape index (κ3) is 4.86. The van der Waals surface area contributed by atoms with Gasteiger partial charge in [0.1, 0.15) is 0 Å². The fourth-order valence-electron chi connectivity index (χ4n) is 2.30. The molecule has 15 heavy (non-hydrogen) atoms. The lowest BCUT2D eigenvalue weighted by molar-refractivity contribution is 0.0101. The highest BCUT2D eigenvalue weighted by Gasteiger charge is 2.24. The van der Waals surface area contributed by atoms with Crippen LogP contribution in [0.3, 0.4) is 0 Å². The minimum Gasteiger partial charge on any atom is -0.379 e. The Bertz CT molecular complexity index is 179. The van der Waals surface area contributed by atoms with E-state index in [0.717, 1.165) is 10.7 Å². The van der Waals surface area contributed by atoms with Crippen molar-refractivity contribution in [2.75, 3.05) is 7.11 Å². The van der Waals surface area contributed by atoms with Gasteiger partial charge in [0.2, 0.25) is 0 Å². The van der Waals surface area contributed by atoms with Crippen LogP contribution in [0.4, 0.5) is 0 Å². The van der Waals surface area contributed by atoms with E-state index in [1.54, 1.807) is 0 Å². The van der Waals surface area contributed by atoms with Gasteiger partial charge in [-0.25, -0.2) is 0 Å². The average molecular weight is 277 g/mol. The van der Waals surface area contributed by atoms with E-state index >= 15 is 0 Å². The lowest BCUT2D eigenvalue weighted by Gasteiger charge is -2.27. The van der Waals surface area contributed by atoms with E-state index in [1.165, 1.54) is 44.9 Å². The third-order valence-electron chi connectivity index (χ3n) is 3.74. The van der Waals surface area contributed by atoms with Crippen molar-refractivity contribution in [2.45, 2.75) is 69.2 Å². The van der Waals surface area contributed by atoms with Crippen molar-refractivity contribution in [3.05, 3.63) is 0 Å². The topological polar surface area (TPSA) is 9.23 Å². The van der Waals surface area contributed by atoms with Gasteiger partial charge in [0.25, 0.3) is 0 Å². The first kappa shape index (κ1) is 13.5. The molecule has 0 spiro atoms. The lowest BCUT2D eigenvalue weighted by atomic mass is 9.90. The van der Waals surface area contributed by atoms with E-state index in [2.05, 4.69) is 29.8 Å². The summed E-state index contributed by atoms with van der Waals surface area (Å²) in [6.45, 7) is 4.37. The zero-order valence-corrected chi connectivity index (χ0v) is 12.0. The Morgan fingerprint density at radius 2 is 1.87 bits per heavy atom. The Morgan fingerprint density at radius 3 is 2.53 bits per heavy atom. The fraction of sp³-hybridized carbons (Fsp3) is 1.00. The van der Waals surface area contributed by atoms with Crippen LogP contribution in [-0.4, -0.2) is 17.5 Å². The Kier molecular flexibility index (Phi) is 5.62. The van der Waals surface area contributed by atoms with Gasteiger partial charge in [0.05, 0.1) is 5.60 Å². The molecule has 0 bridgehead atoms. The molecule has 0 saturated heterocycles. The van der Waals surface area contributed by atoms with Crippen LogP contribution in [0.2, 0.25) is 0 Å². The van der Waals surface area contributed by atoms with E-state index in [4.69, 9.17) is 4.74 Å². The normalized spacial score (nSPS) is 28.8. The summed E-state index contributed by atoms with van der Waals surface area (Å²) < 4.78 is 5.48. The highest BCUT2D eigenvalue weighted by Crippen LogP contribution is 2.33. The van der Waals surface area contributed by atoms with Gasteiger partial charge in [0.15, 0.2) is 0 Å². The summed E-state index contributed by atoms with van der Waals surface area (Å²) in [5.74, 6) is 0.863. The van der Waals surface area contributed by atoms with Crippen molar-refractivity contribution >= 4 is 15.9 Å². The molecule has 1 nitrogen and oxygen atoms in total. The van der Waals surface area contributed by atoms with Crippen molar-refractivity contribution in [1.29, 1.82) is 0 Å². The molecule has 0 aromatic carbocycles. The highest BCUT2D eigenvalue weighted by atomic mass is 79.9. The zero-order valence-electron chi connectivity index (χ0n) is 10.4. The largest absolute Gasteiger partial charge is 0.379 e. The minimum absolute atomic E-state index is 0.0546. The molecular weight excluding hydrogens is 252 g/mol. The van der Waals surface area contributed by atoms with Crippen LogP contribution in [0.15, 0.2) is 0 Å². The Balaban J connectivity index is 2.35. The molecule has 90 valence electrons. The molecule has 0 aromatic heterocycles. The van der Waals surface area contributed by atoms with Gasteiger partial charge in [-0.2, -0.15) is 0 Å². The van der Waals surface area contributed by atoms with E-state index in [0.29, 0.717) is 0 Å². The monoisotopic (exact) mass is 276 g/mol. The molecule has 0 radical (unpaired) electrons. The quantitative estimate of drug-likeness (QED) is 0.541. The first-order chi connectivity index (χ1) is 7.05. The molecule has 0 amide bonds.